The monoisotopic (exact) mass is 513 g/mol. The first kappa shape index (κ1) is 24.3. The summed E-state index contributed by atoms with van der Waals surface area (Å²) in [7, 11) is 4.20. The number of nitrogens with zero attached hydrogens (tertiary/aromatic N) is 7. The Labute approximate surface area is 221 Å². The minimum Gasteiger partial charge on any atom is -0.369 e. The lowest BCUT2D eigenvalue weighted by Crippen LogP contribution is -2.42. The van der Waals surface area contributed by atoms with Crippen molar-refractivity contribution in [2.24, 2.45) is 0 Å². The first-order valence-electron chi connectivity index (χ1n) is 13.1. The highest BCUT2D eigenvalue weighted by Gasteiger charge is 2.23. The third kappa shape index (κ3) is 4.67. The van der Waals surface area contributed by atoms with E-state index < -0.39 is 0 Å². The first-order valence-corrected chi connectivity index (χ1v) is 13.1. The normalized spacial score (nSPS) is 15.7. The summed E-state index contributed by atoms with van der Waals surface area (Å²) in [6.45, 7) is 1.67. The van der Waals surface area contributed by atoms with Gasteiger partial charge in [0.1, 0.15) is 5.82 Å². The summed E-state index contributed by atoms with van der Waals surface area (Å²) in [6.07, 6.45) is 4.97. The van der Waals surface area contributed by atoms with E-state index in [0.717, 1.165) is 62.0 Å². The molecule has 3 heterocycles. The lowest BCUT2D eigenvalue weighted by Gasteiger charge is -2.36. The van der Waals surface area contributed by atoms with Crippen molar-refractivity contribution in [1.82, 2.24) is 29.9 Å². The summed E-state index contributed by atoms with van der Waals surface area (Å²) in [5.74, 6) is 0.673. The summed E-state index contributed by atoms with van der Waals surface area (Å²) >= 11 is 0. The van der Waals surface area contributed by atoms with E-state index in [2.05, 4.69) is 67.7 Å². The highest BCUT2D eigenvalue weighted by Crippen LogP contribution is 2.32. The Hall–Kier alpha value is -4.05. The fourth-order valence-corrected chi connectivity index (χ4v) is 5.52. The molecule has 6 rings (SSSR count). The molecule has 0 radical (unpaired) electrons. The lowest BCUT2D eigenvalue weighted by atomic mass is 10.0. The van der Waals surface area contributed by atoms with Crippen LogP contribution in [0.4, 0.5) is 27.7 Å². The van der Waals surface area contributed by atoms with E-state index in [9.17, 15) is 0 Å². The Morgan fingerprint density at radius 1 is 1.00 bits per heavy atom. The maximum absolute atomic E-state index is 15.1. The maximum Gasteiger partial charge on any atom is 0.248 e. The van der Waals surface area contributed by atoms with Gasteiger partial charge in [0.05, 0.1) is 11.4 Å². The molecule has 2 aliphatic rings. The van der Waals surface area contributed by atoms with E-state index in [0.29, 0.717) is 23.2 Å². The van der Waals surface area contributed by atoms with E-state index in [4.69, 9.17) is 5.73 Å². The molecule has 1 saturated heterocycles. The largest absolute Gasteiger partial charge is 0.369 e. The van der Waals surface area contributed by atoms with Crippen LogP contribution in [0, 0.1) is 5.82 Å². The molecular formula is C28H32FN9. The molecule has 2 aromatic carbocycles. The van der Waals surface area contributed by atoms with E-state index in [1.165, 1.54) is 16.3 Å². The molecule has 0 bridgehead atoms. The zero-order chi connectivity index (χ0) is 26.2. The lowest BCUT2D eigenvalue weighted by molar-refractivity contribution is 0.249. The highest BCUT2D eigenvalue weighted by atomic mass is 19.1. The van der Waals surface area contributed by atoms with Gasteiger partial charge in [-0.15, -0.1) is 15.3 Å². The zero-order valence-electron chi connectivity index (χ0n) is 21.7. The highest BCUT2D eigenvalue weighted by molar-refractivity contribution is 5.68. The van der Waals surface area contributed by atoms with Crippen LogP contribution in [0.1, 0.15) is 30.4 Å². The molecule has 1 aliphatic heterocycles. The zero-order valence-corrected chi connectivity index (χ0v) is 21.7. The van der Waals surface area contributed by atoms with Gasteiger partial charge >= 0.3 is 0 Å². The van der Waals surface area contributed by atoms with Gasteiger partial charge in [0.25, 0.3) is 0 Å². The molecular weight excluding hydrogens is 481 g/mol. The SMILES string of the molecule is CN(C)C1CCN(c2ccc(Nc3nc(N)n(-c4cc5c(nn4)-c4ccccc4CCC5)n3)cc2F)CC1. The summed E-state index contributed by atoms with van der Waals surface area (Å²) in [5.41, 5.74) is 11.8. The number of anilines is 4. The number of rotatable bonds is 5. The van der Waals surface area contributed by atoms with Crippen molar-refractivity contribution in [1.29, 1.82) is 0 Å². The summed E-state index contributed by atoms with van der Waals surface area (Å²) in [5, 5.41) is 16.5. The van der Waals surface area contributed by atoms with Crippen molar-refractivity contribution in [2.75, 3.05) is 43.1 Å². The van der Waals surface area contributed by atoms with Crippen molar-refractivity contribution in [3.63, 3.8) is 0 Å². The number of nitrogens with one attached hydrogen (secondary N) is 1. The number of nitrogen functional groups attached to an aromatic ring is 1. The number of benzene rings is 2. The molecule has 196 valence electrons. The average molecular weight is 514 g/mol. The number of halogens is 1. The Morgan fingerprint density at radius 3 is 2.58 bits per heavy atom. The molecule has 0 amide bonds. The number of nitrogens with two attached hydrogens (primary N) is 1. The molecule has 1 aliphatic carbocycles. The van der Waals surface area contributed by atoms with Gasteiger partial charge in [-0.2, -0.15) is 9.67 Å². The van der Waals surface area contributed by atoms with E-state index in [-0.39, 0.29) is 17.7 Å². The van der Waals surface area contributed by atoms with E-state index in [1.807, 2.05) is 24.3 Å². The topological polar surface area (TPSA) is 101 Å². The predicted molar refractivity (Wildman–Crippen MR) is 147 cm³/mol. The smallest absolute Gasteiger partial charge is 0.248 e. The van der Waals surface area contributed by atoms with Gasteiger partial charge in [-0.25, -0.2) is 4.39 Å². The van der Waals surface area contributed by atoms with Crippen LogP contribution >= 0.6 is 0 Å². The Kier molecular flexibility index (Phi) is 6.40. The van der Waals surface area contributed by atoms with Crippen LogP contribution in [0.5, 0.6) is 0 Å². The minimum absolute atomic E-state index is 0.177. The van der Waals surface area contributed by atoms with Crippen LogP contribution in [-0.4, -0.2) is 63.1 Å². The maximum atomic E-state index is 15.1. The third-order valence-corrected chi connectivity index (χ3v) is 7.61. The molecule has 0 unspecified atom stereocenters. The fraction of sp³-hybridized carbons (Fsp3) is 0.357. The molecule has 0 spiro atoms. The van der Waals surface area contributed by atoms with Gasteiger partial charge in [-0.05, 0) is 81.6 Å². The minimum atomic E-state index is -0.275. The van der Waals surface area contributed by atoms with Crippen LogP contribution in [0.2, 0.25) is 0 Å². The summed E-state index contributed by atoms with van der Waals surface area (Å²) in [4.78, 5) is 8.68. The molecule has 0 saturated carbocycles. The number of hydrogen-bond acceptors (Lipinski definition) is 8. The fourth-order valence-electron chi connectivity index (χ4n) is 5.52. The van der Waals surface area contributed by atoms with Crippen molar-refractivity contribution in [3.05, 3.63) is 65.5 Å². The molecule has 10 heteroatoms. The molecule has 3 N–H and O–H groups in total. The van der Waals surface area contributed by atoms with Gasteiger partial charge < -0.3 is 20.9 Å². The summed E-state index contributed by atoms with van der Waals surface area (Å²) < 4.78 is 16.5. The second-order valence-electron chi connectivity index (χ2n) is 10.3. The number of piperidine rings is 1. The van der Waals surface area contributed by atoms with Crippen molar-refractivity contribution >= 4 is 23.3 Å². The molecule has 9 nitrogen and oxygen atoms in total. The van der Waals surface area contributed by atoms with Crippen molar-refractivity contribution < 1.29 is 4.39 Å². The number of hydrogen-bond donors (Lipinski definition) is 2. The van der Waals surface area contributed by atoms with Gasteiger partial charge in [-0.3, -0.25) is 0 Å². The molecule has 2 aromatic heterocycles. The van der Waals surface area contributed by atoms with E-state index in [1.54, 1.807) is 0 Å². The Balaban J connectivity index is 1.20. The summed E-state index contributed by atoms with van der Waals surface area (Å²) in [6, 6.07) is 16.0. The number of fused-ring (bicyclic) bond motifs is 3. The Bertz CT molecular complexity index is 1460. The molecule has 1 fully saturated rings. The van der Waals surface area contributed by atoms with Crippen molar-refractivity contribution in [3.8, 4) is 17.1 Å². The van der Waals surface area contributed by atoms with Crippen LogP contribution in [0.15, 0.2) is 48.5 Å². The second-order valence-corrected chi connectivity index (χ2v) is 10.3. The molecule has 38 heavy (non-hydrogen) atoms. The average Bonchev–Trinajstić information content (AvgIpc) is 3.18. The number of aromatic nitrogens is 5. The standard InChI is InChI=1S/C28H32FN9/c1-36(2)21-12-14-37(15-13-21)24-11-10-20(17-23(24)29)31-28-32-27(30)38(35-28)25-16-19-8-5-7-18-6-3-4-9-22(18)26(19)34-33-25/h3-4,6,9-11,16-17,21H,5,7-8,12-15H2,1-2H3,(H3,30,31,32,35). The third-order valence-electron chi connectivity index (χ3n) is 7.61. The van der Waals surface area contributed by atoms with Gasteiger partial charge in [-0.1, -0.05) is 24.3 Å². The van der Waals surface area contributed by atoms with Gasteiger partial charge in [0.15, 0.2) is 5.82 Å². The first-order chi connectivity index (χ1) is 18.5. The van der Waals surface area contributed by atoms with Gasteiger partial charge in [0.2, 0.25) is 11.9 Å². The van der Waals surface area contributed by atoms with Crippen LogP contribution in [0.3, 0.4) is 0 Å². The van der Waals surface area contributed by atoms with Gasteiger partial charge in [0, 0.05) is 30.4 Å². The number of aryl methyl sites for hydroxylation is 2. The molecule has 0 atom stereocenters. The molecule has 4 aromatic rings. The quantitative estimate of drug-likeness (QED) is 0.409. The van der Waals surface area contributed by atoms with Crippen LogP contribution < -0.4 is 16.0 Å². The Morgan fingerprint density at radius 2 is 1.79 bits per heavy atom. The van der Waals surface area contributed by atoms with Crippen LogP contribution in [0.25, 0.3) is 17.1 Å². The second kappa shape index (κ2) is 10.0. The van der Waals surface area contributed by atoms with Crippen LogP contribution in [-0.2, 0) is 12.8 Å². The van der Waals surface area contributed by atoms with E-state index >= 15 is 4.39 Å². The predicted octanol–water partition coefficient (Wildman–Crippen LogP) is 4.21. The van der Waals surface area contributed by atoms with Crippen molar-refractivity contribution in [2.45, 2.75) is 38.1 Å².